The van der Waals surface area contributed by atoms with Gasteiger partial charge in [-0.15, -0.1) is 0 Å². The van der Waals surface area contributed by atoms with Crippen LogP contribution in [0.25, 0.3) is 11.0 Å². The summed E-state index contributed by atoms with van der Waals surface area (Å²) in [6.45, 7) is 0. The molecule has 4 heteroatoms. The van der Waals surface area contributed by atoms with Gasteiger partial charge in [0, 0.05) is 5.56 Å². The Hall–Kier alpha value is -2.15. The molecule has 1 heterocycles. The number of nitrogens with one attached hydrogen (secondary N) is 1. The van der Waals surface area contributed by atoms with Crippen molar-refractivity contribution in [3.8, 4) is 6.07 Å². The fourth-order valence-electron chi connectivity index (χ4n) is 1.39. The van der Waals surface area contributed by atoms with Crippen molar-refractivity contribution in [1.82, 2.24) is 9.97 Å². The largest absolute Gasteiger partial charge is 0.345 e. The number of benzene rings is 1. The summed E-state index contributed by atoms with van der Waals surface area (Å²) in [7, 11) is 0. The summed E-state index contributed by atoms with van der Waals surface area (Å²) in [5.74, 6) is 0. The number of carbonyl (C=O) groups is 1. The Kier molecular flexibility index (Phi) is 1.99. The van der Waals surface area contributed by atoms with Crippen molar-refractivity contribution in [1.29, 1.82) is 5.26 Å². The second-order valence-corrected chi connectivity index (χ2v) is 2.92. The monoisotopic (exact) mass is 185 g/mol. The standard InChI is InChI=1S/C10H7N3O/c11-2-1-7-3-9-10(13-6-12-9)4-8(7)5-14/h3-6H,1H2,(H,12,13). The number of aromatic amines is 1. The molecule has 0 saturated carbocycles. The van der Waals surface area contributed by atoms with E-state index in [1.54, 1.807) is 18.5 Å². The molecule has 0 atom stereocenters. The normalized spacial score (nSPS) is 9.93. The van der Waals surface area contributed by atoms with Crippen LogP contribution in [-0.2, 0) is 6.42 Å². The molecule has 2 aromatic rings. The zero-order valence-electron chi connectivity index (χ0n) is 7.32. The fraction of sp³-hybridized carbons (Fsp3) is 0.100. The van der Waals surface area contributed by atoms with Crippen LogP contribution in [-0.4, -0.2) is 16.3 Å². The van der Waals surface area contributed by atoms with E-state index in [0.717, 1.165) is 22.9 Å². The van der Waals surface area contributed by atoms with Crippen LogP contribution < -0.4 is 0 Å². The van der Waals surface area contributed by atoms with Crippen LogP contribution in [0.3, 0.4) is 0 Å². The van der Waals surface area contributed by atoms with E-state index in [1.807, 2.05) is 6.07 Å². The smallest absolute Gasteiger partial charge is 0.150 e. The number of rotatable bonds is 2. The number of nitrogens with zero attached hydrogens (tertiary/aromatic N) is 2. The first kappa shape index (κ1) is 8.45. The Balaban J connectivity index is 2.67. The summed E-state index contributed by atoms with van der Waals surface area (Å²) in [5, 5.41) is 8.57. The fourth-order valence-corrected chi connectivity index (χ4v) is 1.39. The van der Waals surface area contributed by atoms with E-state index in [1.165, 1.54) is 0 Å². The first-order valence-electron chi connectivity index (χ1n) is 4.13. The topological polar surface area (TPSA) is 69.5 Å². The van der Waals surface area contributed by atoms with Crippen molar-refractivity contribution in [3.63, 3.8) is 0 Å². The molecule has 4 nitrogen and oxygen atoms in total. The SMILES string of the molecule is N#CCc1cc2[nH]cnc2cc1C=O. The summed E-state index contributed by atoms with van der Waals surface area (Å²) < 4.78 is 0. The quantitative estimate of drug-likeness (QED) is 0.719. The maximum absolute atomic E-state index is 10.7. The molecule has 0 spiro atoms. The van der Waals surface area contributed by atoms with Gasteiger partial charge >= 0.3 is 0 Å². The van der Waals surface area contributed by atoms with E-state index in [4.69, 9.17) is 5.26 Å². The number of fused-ring (bicyclic) bond motifs is 1. The lowest BCUT2D eigenvalue weighted by molar-refractivity contribution is 0.112. The maximum atomic E-state index is 10.7. The molecule has 0 radical (unpaired) electrons. The lowest BCUT2D eigenvalue weighted by Crippen LogP contribution is -1.91. The van der Waals surface area contributed by atoms with Gasteiger partial charge < -0.3 is 4.98 Å². The molecule has 0 bridgehead atoms. The summed E-state index contributed by atoms with van der Waals surface area (Å²) in [4.78, 5) is 17.7. The van der Waals surface area contributed by atoms with Crippen LogP contribution in [0.4, 0.5) is 0 Å². The highest BCUT2D eigenvalue weighted by molar-refractivity contribution is 5.86. The van der Waals surface area contributed by atoms with Crippen LogP contribution in [0.5, 0.6) is 0 Å². The maximum Gasteiger partial charge on any atom is 0.150 e. The minimum Gasteiger partial charge on any atom is -0.345 e. The van der Waals surface area contributed by atoms with Gasteiger partial charge in [-0.05, 0) is 17.7 Å². The van der Waals surface area contributed by atoms with Gasteiger partial charge in [-0.2, -0.15) is 5.26 Å². The molecular weight excluding hydrogens is 178 g/mol. The number of hydrogen-bond acceptors (Lipinski definition) is 3. The van der Waals surface area contributed by atoms with Crippen molar-refractivity contribution >= 4 is 17.3 Å². The summed E-state index contributed by atoms with van der Waals surface area (Å²) in [5.41, 5.74) is 2.86. The Morgan fingerprint density at radius 2 is 2.43 bits per heavy atom. The molecule has 0 unspecified atom stereocenters. The summed E-state index contributed by atoms with van der Waals surface area (Å²) in [6.07, 6.45) is 2.55. The van der Waals surface area contributed by atoms with Gasteiger partial charge in [-0.1, -0.05) is 0 Å². The second-order valence-electron chi connectivity index (χ2n) is 2.92. The van der Waals surface area contributed by atoms with Gasteiger partial charge in [0.25, 0.3) is 0 Å². The lowest BCUT2D eigenvalue weighted by Gasteiger charge is -1.99. The Labute approximate surface area is 80.2 Å². The van der Waals surface area contributed by atoms with E-state index in [0.29, 0.717) is 5.56 Å². The number of carbonyl (C=O) groups excluding carboxylic acids is 1. The first-order chi connectivity index (χ1) is 6.85. The minimum atomic E-state index is 0.239. The highest BCUT2D eigenvalue weighted by Crippen LogP contribution is 2.16. The molecule has 1 N–H and O–H groups in total. The number of aromatic nitrogens is 2. The van der Waals surface area contributed by atoms with E-state index in [-0.39, 0.29) is 6.42 Å². The van der Waals surface area contributed by atoms with Gasteiger partial charge in [0.15, 0.2) is 0 Å². The zero-order chi connectivity index (χ0) is 9.97. The van der Waals surface area contributed by atoms with Crippen molar-refractivity contribution in [3.05, 3.63) is 29.6 Å². The lowest BCUT2D eigenvalue weighted by atomic mass is 10.1. The number of nitriles is 1. The molecule has 1 aromatic heterocycles. The van der Waals surface area contributed by atoms with Crippen molar-refractivity contribution in [2.24, 2.45) is 0 Å². The van der Waals surface area contributed by atoms with Crippen LogP contribution >= 0.6 is 0 Å². The number of hydrogen-bond donors (Lipinski definition) is 1. The van der Waals surface area contributed by atoms with Crippen molar-refractivity contribution < 1.29 is 4.79 Å². The molecule has 68 valence electrons. The Morgan fingerprint density at radius 3 is 3.14 bits per heavy atom. The van der Waals surface area contributed by atoms with Crippen LogP contribution in [0.1, 0.15) is 15.9 Å². The summed E-state index contributed by atoms with van der Waals surface area (Å²) >= 11 is 0. The van der Waals surface area contributed by atoms with Gasteiger partial charge in [-0.25, -0.2) is 4.98 Å². The number of imidazole rings is 1. The molecule has 0 aliphatic heterocycles. The van der Waals surface area contributed by atoms with E-state index >= 15 is 0 Å². The zero-order valence-corrected chi connectivity index (χ0v) is 7.32. The third-order valence-electron chi connectivity index (χ3n) is 2.08. The molecule has 0 fully saturated rings. The predicted molar refractivity (Wildman–Crippen MR) is 50.8 cm³/mol. The predicted octanol–water partition coefficient (Wildman–Crippen LogP) is 1.44. The number of aldehydes is 1. The third-order valence-corrected chi connectivity index (χ3v) is 2.08. The molecule has 1 aromatic carbocycles. The number of H-pyrrole nitrogens is 1. The minimum absolute atomic E-state index is 0.239. The van der Waals surface area contributed by atoms with E-state index < -0.39 is 0 Å². The van der Waals surface area contributed by atoms with E-state index in [2.05, 4.69) is 9.97 Å². The Bertz CT molecular complexity index is 522. The first-order valence-corrected chi connectivity index (χ1v) is 4.13. The second kappa shape index (κ2) is 3.30. The molecule has 0 aliphatic rings. The molecule has 14 heavy (non-hydrogen) atoms. The van der Waals surface area contributed by atoms with Crippen LogP contribution in [0.2, 0.25) is 0 Å². The van der Waals surface area contributed by atoms with Gasteiger partial charge in [0.05, 0.1) is 29.9 Å². The molecule has 0 aliphatic carbocycles. The van der Waals surface area contributed by atoms with Gasteiger partial charge in [0.1, 0.15) is 6.29 Å². The third kappa shape index (κ3) is 1.25. The highest BCUT2D eigenvalue weighted by Gasteiger charge is 2.05. The van der Waals surface area contributed by atoms with Crippen molar-refractivity contribution in [2.45, 2.75) is 6.42 Å². The van der Waals surface area contributed by atoms with E-state index in [9.17, 15) is 4.79 Å². The summed E-state index contributed by atoms with van der Waals surface area (Å²) in [6, 6.07) is 5.50. The van der Waals surface area contributed by atoms with Gasteiger partial charge in [-0.3, -0.25) is 4.79 Å². The van der Waals surface area contributed by atoms with Crippen LogP contribution in [0, 0.1) is 11.3 Å². The highest BCUT2D eigenvalue weighted by atomic mass is 16.1. The van der Waals surface area contributed by atoms with Crippen LogP contribution in [0.15, 0.2) is 18.5 Å². The Morgan fingerprint density at radius 1 is 1.57 bits per heavy atom. The molecular formula is C10H7N3O. The average molecular weight is 185 g/mol. The molecule has 0 amide bonds. The molecule has 2 rings (SSSR count). The average Bonchev–Trinajstić information content (AvgIpc) is 2.64. The van der Waals surface area contributed by atoms with Crippen molar-refractivity contribution in [2.75, 3.05) is 0 Å². The molecule has 0 saturated heterocycles. The van der Waals surface area contributed by atoms with Gasteiger partial charge in [0.2, 0.25) is 0 Å².